The second-order valence-electron chi connectivity index (χ2n) is 7.41. The molecule has 0 amide bonds. The third-order valence-corrected chi connectivity index (χ3v) is 6.02. The maximum absolute atomic E-state index is 3.89. The average molecular weight is 279 g/mol. The lowest BCUT2D eigenvalue weighted by Crippen LogP contribution is -2.47. The molecule has 3 aliphatic rings. The highest BCUT2D eigenvalue weighted by atomic mass is 15.2. The van der Waals surface area contributed by atoms with E-state index >= 15 is 0 Å². The molecule has 0 radical (unpaired) electrons. The Morgan fingerprint density at radius 1 is 1.00 bits per heavy atom. The predicted molar refractivity (Wildman–Crippen MR) is 85.1 cm³/mol. The van der Waals surface area contributed by atoms with E-state index in [4.69, 9.17) is 0 Å². The molecule has 2 unspecified atom stereocenters. The summed E-state index contributed by atoms with van der Waals surface area (Å²) in [5.74, 6) is 0.942. The molecule has 3 heterocycles. The molecule has 0 aromatic heterocycles. The van der Waals surface area contributed by atoms with E-state index in [-0.39, 0.29) is 0 Å². The molecule has 20 heavy (non-hydrogen) atoms. The van der Waals surface area contributed by atoms with Gasteiger partial charge in [0, 0.05) is 18.1 Å². The van der Waals surface area contributed by atoms with Crippen molar-refractivity contribution < 1.29 is 0 Å². The molecule has 116 valence electrons. The number of hydrogen-bond acceptors (Lipinski definition) is 3. The molecule has 2 bridgehead atoms. The minimum Gasteiger partial charge on any atom is -0.314 e. The number of likely N-dealkylation sites (tertiary alicyclic amines) is 1. The summed E-state index contributed by atoms with van der Waals surface area (Å²) in [5.41, 5.74) is 0. The molecule has 3 fully saturated rings. The van der Waals surface area contributed by atoms with Gasteiger partial charge in [-0.15, -0.1) is 0 Å². The highest BCUT2D eigenvalue weighted by molar-refractivity contribution is 4.94. The quantitative estimate of drug-likeness (QED) is 0.833. The van der Waals surface area contributed by atoms with Crippen LogP contribution in [0.25, 0.3) is 0 Å². The topological polar surface area (TPSA) is 18.5 Å². The van der Waals surface area contributed by atoms with Crippen molar-refractivity contribution in [3.63, 3.8) is 0 Å². The third kappa shape index (κ3) is 3.37. The van der Waals surface area contributed by atoms with Crippen molar-refractivity contribution in [2.45, 2.75) is 70.0 Å². The van der Waals surface area contributed by atoms with Gasteiger partial charge >= 0.3 is 0 Å². The van der Waals surface area contributed by atoms with Crippen molar-refractivity contribution in [1.82, 2.24) is 15.1 Å². The van der Waals surface area contributed by atoms with Crippen molar-refractivity contribution in [2.75, 3.05) is 33.2 Å². The Hall–Kier alpha value is -0.120. The van der Waals surface area contributed by atoms with Crippen LogP contribution >= 0.6 is 0 Å². The Morgan fingerprint density at radius 3 is 2.25 bits per heavy atom. The van der Waals surface area contributed by atoms with E-state index in [2.05, 4.69) is 29.1 Å². The van der Waals surface area contributed by atoms with Gasteiger partial charge in [-0.05, 0) is 84.1 Å². The summed E-state index contributed by atoms with van der Waals surface area (Å²) in [4.78, 5) is 5.29. The molecule has 0 aromatic rings. The van der Waals surface area contributed by atoms with Gasteiger partial charge in [-0.1, -0.05) is 6.92 Å². The highest BCUT2D eigenvalue weighted by Gasteiger charge is 2.38. The summed E-state index contributed by atoms with van der Waals surface area (Å²) >= 11 is 0. The van der Waals surface area contributed by atoms with Crippen molar-refractivity contribution >= 4 is 0 Å². The summed E-state index contributed by atoms with van der Waals surface area (Å²) < 4.78 is 0. The zero-order valence-corrected chi connectivity index (χ0v) is 13.5. The molecule has 0 spiro atoms. The van der Waals surface area contributed by atoms with Gasteiger partial charge in [0.05, 0.1) is 0 Å². The van der Waals surface area contributed by atoms with E-state index in [9.17, 15) is 0 Å². The fourth-order valence-electron chi connectivity index (χ4n) is 4.70. The normalized spacial score (nSPS) is 36.6. The molecular weight excluding hydrogens is 246 g/mol. The van der Waals surface area contributed by atoms with Crippen LogP contribution in [0.5, 0.6) is 0 Å². The average Bonchev–Trinajstić information content (AvgIpc) is 2.69. The SMILES string of the molecule is CCCN1CCC(NCC2CC3CCC(C2)N3C)CC1. The summed E-state index contributed by atoms with van der Waals surface area (Å²) in [6.45, 7) is 7.48. The molecule has 3 saturated heterocycles. The molecule has 3 rings (SSSR count). The molecule has 0 aromatic carbocycles. The summed E-state index contributed by atoms with van der Waals surface area (Å²) in [6, 6.07) is 2.58. The zero-order chi connectivity index (χ0) is 13.9. The minimum atomic E-state index is 0.792. The minimum absolute atomic E-state index is 0.792. The van der Waals surface area contributed by atoms with Crippen molar-refractivity contribution in [1.29, 1.82) is 0 Å². The Bertz CT molecular complexity index is 285. The Balaban J connectivity index is 1.36. The van der Waals surface area contributed by atoms with Gasteiger partial charge in [0.2, 0.25) is 0 Å². The largest absolute Gasteiger partial charge is 0.314 e. The van der Waals surface area contributed by atoms with Gasteiger partial charge in [0.25, 0.3) is 0 Å². The Morgan fingerprint density at radius 2 is 1.65 bits per heavy atom. The number of fused-ring (bicyclic) bond motifs is 2. The van der Waals surface area contributed by atoms with E-state index in [1.807, 2.05) is 0 Å². The number of nitrogens with zero attached hydrogens (tertiary/aromatic N) is 2. The first-order chi connectivity index (χ1) is 9.76. The van der Waals surface area contributed by atoms with Gasteiger partial charge in [-0.25, -0.2) is 0 Å². The van der Waals surface area contributed by atoms with Gasteiger partial charge in [0.1, 0.15) is 0 Å². The number of rotatable bonds is 5. The van der Waals surface area contributed by atoms with E-state index < -0.39 is 0 Å². The van der Waals surface area contributed by atoms with Crippen LogP contribution in [0.15, 0.2) is 0 Å². The van der Waals surface area contributed by atoms with E-state index in [1.54, 1.807) is 0 Å². The molecule has 3 aliphatic heterocycles. The summed E-state index contributed by atoms with van der Waals surface area (Å²) in [7, 11) is 2.34. The van der Waals surface area contributed by atoms with Gasteiger partial charge in [-0.3, -0.25) is 0 Å². The van der Waals surface area contributed by atoms with E-state index in [0.29, 0.717) is 0 Å². The molecule has 0 saturated carbocycles. The lowest BCUT2D eigenvalue weighted by Gasteiger charge is -2.38. The third-order valence-electron chi connectivity index (χ3n) is 6.02. The first-order valence-corrected chi connectivity index (χ1v) is 8.94. The molecule has 1 N–H and O–H groups in total. The first kappa shape index (κ1) is 14.8. The lowest BCUT2D eigenvalue weighted by atomic mass is 9.90. The van der Waals surface area contributed by atoms with Crippen molar-refractivity contribution in [2.24, 2.45) is 5.92 Å². The monoisotopic (exact) mass is 279 g/mol. The van der Waals surface area contributed by atoms with Crippen LogP contribution in [0.1, 0.15) is 51.9 Å². The fourth-order valence-corrected chi connectivity index (χ4v) is 4.70. The maximum atomic E-state index is 3.89. The second kappa shape index (κ2) is 6.76. The summed E-state index contributed by atoms with van der Waals surface area (Å²) in [5, 5.41) is 3.89. The van der Waals surface area contributed by atoms with Gasteiger partial charge in [0.15, 0.2) is 0 Å². The number of nitrogens with one attached hydrogen (secondary N) is 1. The molecule has 3 heteroatoms. The molecule has 2 atom stereocenters. The van der Waals surface area contributed by atoms with Crippen LogP contribution in [-0.2, 0) is 0 Å². The molecule has 3 nitrogen and oxygen atoms in total. The van der Waals surface area contributed by atoms with Crippen LogP contribution in [0.3, 0.4) is 0 Å². The Kier molecular flexibility index (Phi) is 5.00. The first-order valence-electron chi connectivity index (χ1n) is 8.94. The van der Waals surface area contributed by atoms with Crippen LogP contribution < -0.4 is 5.32 Å². The standard InChI is InChI=1S/C17H33N3/c1-3-8-20-9-6-15(7-10-20)18-13-14-11-16-4-5-17(12-14)19(16)2/h14-18H,3-13H2,1-2H3. The van der Waals surface area contributed by atoms with Crippen molar-refractivity contribution in [3.8, 4) is 0 Å². The van der Waals surface area contributed by atoms with Crippen molar-refractivity contribution in [3.05, 3.63) is 0 Å². The van der Waals surface area contributed by atoms with Gasteiger partial charge < -0.3 is 15.1 Å². The smallest absolute Gasteiger partial charge is 0.00988 e. The fraction of sp³-hybridized carbons (Fsp3) is 1.00. The number of piperidine rings is 2. The van der Waals surface area contributed by atoms with Gasteiger partial charge in [-0.2, -0.15) is 0 Å². The summed E-state index contributed by atoms with van der Waals surface area (Å²) in [6.07, 6.45) is 9.80. The molecule has 0 aliphatic carbocycles. The predicted octanol–water partition coefficient (Wildman–Crippen LogP) is 2.32. The van der Waals surface area contributed by atoms with Crippen LogP contribution in [0, 0.1) is 5.92 Å². The molecular formula is C17H33N3. The zero-order valence-electron chi connectivity index (χ0n) is 13.5. The van der Waals surface area contributed by atoms with Crippen LogP contribution in [0.4, 0.5) is 0 Å². The maximum Gasteiger partial charge on any atom is 0.00988 e. The lowest BCUT2D eigenvalue weighted by molar-refractivity contribution is 0.126. The van der Waals surface area contributed by atoms with E-state index in [1.165, 1.54) is 71.1 Å². The van der Waals surface area contributed by atoms with Crippen LogP contribution in [-0.4, -0.2) is 61.2 Å². The Labute approximate surface area is 125 Å². The number of hydrogen-bond donors (Lipinski definition) is 1. The van der Waals surface area contributed by atoms with E-state index in [0.717, 1.165) is 24.0 Å². The second-order valence-corrected chi connectivity index (χ2v) is 7.41. The highest BCUT2D eigenvalue weighted by Crippen LogP contribution is 2.37. The van der Waals surface area contributed by atoms with Crippen LogP contribution in [0.2, 0.25) is 0 Å².